The molecule has 0 aromatic heterocycles. The van der Waals surface area contributed by atoms with Gasteiger partial charge < -0.3 is 14.7 Å². The Kier molecular flexibility index (Phi) is 3.86. The van der Waals surface area contributed by atoms with E-state index in [1.54, 1.807) is 19.0 Å². The monoisotopic (exact) mass is 341 g/mol. The highest BCUT2D eigenvalue weighted by Gasteiger charge is 2.52. The number of rotatable bonds is 2. The number of benzene rings is 1. The summed E-state index contributed by atoms with van der Waals surface area (Å²) < 4.78 is 0. The molecule has 0 radical (unpaired) electrons. The van der Waals surface area contributed by atoms with E-state index in [-0.39, 0.29) is 11.9 Å². The molecule has 1 aromatic rings. The Bertz CT molecular complexity index is 713. The smallest absolute Gasteiger partial charge is 0.328 e. The number of hydrogen-bond acceptors (Lipinski definition) is 5. The van der Waals surface area contributed by atoms with Crippen molar-refractivity contribution in [2.24, 2.45) is 4.99 Å². The first-order chi connectivity index (χ1) is 12.1. The minimum Gasteiger partial charge on any atom is -0.343 e. The van der Waals surface area contributed by atoms with Gasteiger partial charge in [0.05, 0.1) is 0 Å². The van der Waals surface area contributed by atoms with Crippen LogP contribution in [0.25, 0.3) is 0 Å². The molecule has 3 aliphatic heterocycles. The Balaban J connectivity index is 1.71. The van der Waals surface area contributed by atoms with E-state index in [1.165, 1.54) is 4.90 Å². The van der Waals surface area contributed by atoms with Gasteiger partial charge in [-0.1, -0.05) is 30.3 Å². The molecule has 4 rings (SSSR count). The number of urea groups is 1. The number of aliphatic imine (C=N–C) groups is 1. The zero-order chi connectivity index (χ0) is 17.6. The van der Waals surface area contributed by atoms with Gasteiger partial charge >= 0.3 is 6.03 Å². The quantitative estimate of drug-likeness (QED) is 0.810. The minimum atomic E-state index is -0.455. The number of carbonyl (C=O) groups is 2. The van der Waals surface area contributed by atoms with Crippen LogP contribution in [0.4, 0.5) is 4.79 Å². The van der Waals surface area contributed by atoms with Crippen molar-refractivity contribution in [1.82, 2.24) is 19.6 Å². The third kappa shape index (κ3) is 2.54. The molecule has 7 nitrogen and oxygen atoms in total. The molecule has 3 amide bonds. The summed E-state index contributed by atoms with van der Waals surface area (Å²) in [4.78, 5) is 37.1. The molecule has 132 valence electrons. The fourth-order valence-corrected chi connectivity index (χ4v) is 3.88. The van der Waals surface area contributed by atoms with Gasteiger partial charge in [-0.25, -0.2) is 9.79 Å². The molecule has 0 spiro atoms. The average molecular weight is 341 g/mol. The summed E-state index contributed by atoms with van der Waals surface area (Å²) in [5.74, 6) is 0.668. The van der Waals surface area contributed by atoms with Gasteiger partial charge in [-0.3, -0.25) is 9.69 Å². The molecule has 1 aromatic carbocycles. The van der Waals surface area contributed by atoms with Gasteiger partial charge in [-0.05, 0) is 18.4 Å². The van der Waals surface area contributed by atoms with Gasteiger partial charge in [-0.15, -0.1) is 0 Å². The van der Waals surface area contributed by atoms with Gasteiger partial charge in [0.2, 0.25) is 0 Å². The molecule has 0 bridgehead atoms. The third-order valence-electron chi connectivity index (χ3n) is 5.28. The molecule has 2 fully saturated rings. The molecule has 0 aliphatic carbocycles. The number of likely N-dealkylation sites (N-methyl/N-ethyl adjacent to an activating group) is 2. The van der Waals surface area contributed by atoms with Crippen molar-refractivity contribution < 1.29 is 9.59 Å². The highest BCUT2D eigenvalue weighted by Crippen LogP contribution is 2.30. The maximum Gasteiger partial charge on any atom is 0.328 e. The summed E-state index contributed by atoms with van der Waals surface area (Å²) in [6.07, 6.45) is 1.82. The third-order valence-corrected chi connectivity index (χ3v) is 5.28. The van der Waals surface area contributed by atoms with Crippen molar-refractivity contribution in [3.63, 3.8) is 0 Å². The Morgan fingerprint density at radius 2 is 1.76 bits per heavy atom. The minimum absolute atomic E-state index is 0.179. The van der Waals surface area contributed by atoms with Gasteiger partial charge in [0.1, 0.15) is 0 Å². The van der Waals surface area contributed by atoms with Crippen LogP contribution in [0.5, 0.6) is 0 Å². The zero-order valence-corrected chi connectivity index (χ0v) is 14.6. The maximum absolute atomic E-state index is 12.9. The van der Waals surface area contributed by atoms with Gasteiger partial charge in [-0.2, -0.15) is 0 Å². The van der Waals surface area contributed by atoms with Crippen LogP contribution < -0.4 is 0 Å². The van der Waals surface area contributed by atoms with Crippen LogP contribution in [0.3, 0.4) is 0 Å². The van der Waals surface area contributed by atoms with E-state index in [9.17, 15) is 9.59 Å². The SMILES string of the molecule is CN1C(=O)C2C(N=C(N3CCCC3)N2Cc2ccccc2)N(C)C1=O. The highest BCUT2D eigenvalue weighted by molar-refractivity contribution is 6.03. The molecule has 2 saturated heterocycles. The van der Waals surface area contributed by atoms with Crippen molar-refractivity contribution in [2.45, 2.75) is 31.6 Å². The first-order valence-electron chi connectivity index (χ1n) is 8.75. The van der Waals surface area contributed by atoms with Crippen LogP contribution in [0, 0.1) is 0 Å². The number of likely N-dealkylation sites (tertiary alicyclic amines) is 1. The van der Waals surface area contributed by atoms with E-state index in [0.717, 1.165) is 37.5 Å². The van der Waals surface area contributed by atoms with E-state index < -0.39 is 12.2 Å². The second-order valence-electron chi connectivity index (χ2n) is 6.89. The van der Waals surface area contributed by atoms with Crippen LogP contribution >= 0.6 is 0 Å². The fraction of sp³-hybridized carbons (Fsp3) is 0.500. The van der Waals surface area contributed by atoms with E-state index in [4.69, 9.17) is 4.99 Å². The predicted molar refractivity (Wildman–Crippen MR) is 93.7 cm³/mol. The van der Waals surface area contributed by atoms with Crippen molar-refractivity contribution >= 4 is 17.9 Å². The van der Waals surface area contributed by atoms with E-state index in [0.29, 0.717) is 6.54 Å². The molecular formula is C18H23N5O2. The molecule has 3 heterocycles. The van der Waals surface area contributed by atoms with Crippen LogP contribution in [0.2, 0.25) is 0 Å². The summed E-state index contributed by atoms with van der Waals surface area (Å²) in [6, 6.07) is 9.35. The topological polar surface area (TPSA) is 59.5 Å². The second-order valence-corrected chi connectivity index (χ2v) is 6.89. The molecule has 0 saturated carbocycles. The molecule has 3 aliphatic rings. The van der Waals surface area contributed by atoms with Crippen LogP contribution in [-0.4, -0.2) is 76.9 Å². The number of guanidine groups is 1. The Morgan fingerprint density at radius 1 is 1.08 bits per heavy atom. The van der Waals surface area contributed by atoms with Crippen LogP contribution in [-0.2, 0) is 11.3 Å². The number of imide groups is 1. The Labute approximate surface area is 147 Å². The first kappa shape index (κ1) is 15.9. The zero-order valence-electron chi connectivity index (χ0n) is 14.6. The molecule has 0 N–H and O–H groups in total. The van der Waals surface area contributed by atoms with Gasteiger partial charge in [0.25, 0.3) is 5.91 Å². The maximum atomic E-state index is 12.9. The summed E-state index contributed by atoms with van der Waals surface area (Å²) in [7, 11) is 3.27. The second kappa shape index (κ2) is 6.06. The van der Waals surface area contributed by atoms with Crippen LogP contribution in [0.15, 0.2) is 35.3 Å². The fourth-order valence-electron chi connectivity index (χ4n) is 3.88. The predicted octanol–water partition coefficient (Wildman–Crippen LogP) is 1.17. The first-order valence-corrected chi connectivity index (χ1v) is 8.75. The summed E-state index contributed by atoms with van der Waals surface area (Å²) in [5.41, 5.74) is 1.13. The normalized spacial score (nSPS) is 26.4. The van der Waals surface area contributed by atoms with E-state index in [1.807, 2.05) is 18.2 Å². The van der Waals surface area contributed by atoms with E-state index >= 15 is 0 Å². The summed E-state index contributed by atoms with van der Waals surface area (Å²) in [5, 5.41) is 0. The number of hydrogen-bond donors (Lipinski definition) is 0. The number of nitrogens with zero attached hydrogens (tertiary/aromatic N) is 5. The number of carbonyl (C=O) groups excluding carboxylic acids is 2. The van der Waals surface area contributed by atoms with Crippen LogP contribution in [0.1, 0.15) is 18.4 Å². The van der Waals surface area contributed by atoms with E-state index in [2.05, 4.69) is 21.9 Å². The standard InChI is InChI=1S/C18H23N5O2/c1-20-15-14(16(24)21(2)18(20)25)23(12-13-8-4-3-5-9-13)17(19-15)22-10-6-7-11-22/h3-5,8-9,14-15H,6-7,10-12H2,1-2H3. The molecule has 2 atom stereocenters. The molecule has 25 heavy (non-hydrogen) atoms. The van der Waals surface area contributed by atoms with Crippen molar-refractivity contribution in [1.29, 1.82) is 0 Å². The summed E-state index contributed by atoms with van der Waals surface area (Å²) >= 11 is 0. The molecular weight excluding hydrogens is 318 g/mol. The van der Waals surface area contributed by atoms with Gasteiger partial charge in [0, 0.05) is 33.7 Å². The molecule has 2 unspecified atom stereocenters. The number of fused-ring (bicyclic) bond motifs is 1. The number of amides is 3. The lowest BCUT2D eigenvalue weighted by atomic mass is 10.1. The summed E-state index contributed by atoms with van der Waals surface area (Å²) in [6.45, 7) is 2.51. The molecule has 7 heteroatoms. The highest BCUT2D eigenvalue weighted by atomic mass is 16.2. The van der Waals surface area contributed by atoms with Crippen molar-refractivity contribution in [3.05, 3.63) is 35.9 Å². The lowest BCUT2D eigenvalue weighted by Gasteiger charge is -2.40. The lowest BCUT2D eigenvalue weighted by molar-refractivity contribution is -0.136. The van der Waals surface area contributed by atoms with Crippen molar-refractivity contribution in [2.75, 3.05) is 27.2 Å². The lowest BCUT2D eigenvalue weighted by Crippen LogP contribution is -2.64. The van der Waals surface area contributed by atoms with Crippen molar-refractivity contribution in [3.8, 4) is 0 Å². The average Bonchev–Trinajstić information content (AvgIpc) is 3.27. The Morgan fingerprint density at radius 3 is 2.44 bits per heavy atom. The van der Waals surface area contributed by atoms with Gasteiger partial charge in [0.15, 0.2) is 18.2 Å². The Hall–Kier alpha value is -2.57. The largest absolute Gasteiger partial charge is 0.343 e.